The van der Waals surface area contributed by atoms with Gasteiger partial charge in [0.15, 0.2) is 0 Å². The number of fused-ring (bicyclic) bond motifs is 1. The Morgan fingerprint density at radius 3 is 2.15 bits per heavy atom. The predicted octanol–water partition coefficient (Wildman–Crippen LogP) is 5.72. The topological polar surface area (TPSA) is 20.2 Å². The third-order valence-electron chi connectivity index (χ3n) is 4.00. The summed E-state index contributed by atoms with van der Waals surface area (Å²) in [6.45, 7) is 11.5. The summed E-state index contributed by atoms with van der Waals surface area (Å²) in [4.78, 5) is 0. The molecule has 0 aliphatic heterocycles. The molecule has 108 valence electrons. The lowest BCUT2D eigenvalue weighted by molar-refractivity contribution is 0.280. The summed E-state index contributed by atoms with van der Waals surface area (Å²) in [7, 11) is 0. The first-order valence-corrected chi connectivity index (χ1v) is 7.50. The highest BCUT2D eigenvalue weighted by molar-refractivity contribution is 5.84. The van der Waals surface area contributed by atoms with E-state index < -0.39 is 0 Å². The van der Waals surface area contributed by atoms with Crippen LogP contribution in [0.15, 0.2) is 36.4 Å². The van der Waals surface area contributed by atoms with E-state index in [2.05, 4.69) is 52.8 Å². The molecule has 0 aromatic heterocycles. The number of aromatic hydroxyl groups is 1. The van der Waals surface area contributed by atoms with Crippen molar-refractivity contribution in [1.82, 2.24) is 0 Å². The summed E-state index contributed by atoms with van der Waals surface area (Å²) in [6.07, 6.45) is 1.20. The second kappa shape index (κ2) is 5.47. The summed E-state index contributed by atoms with van der Waals surface area (Å²) < 4.78 is 0. The third-order valence-corrected chi connectivity index (χ3v) is 4.00. The molecule has 0 spiro atoms. The zero-order valence-electron chi connectivity index (χ0n) is 13.3. The van der Waals surface area contributed by atoms with Crippen LogP contribution in [0.2, 0.25) is 0 Å². The molecule has 0 aliphatic carbocycles. The molecule has 0 bridgehead atoms. The molecule has 0 saturated heterocycles. The first-order valence-electron chi connectivity index (χ1n) is 7.50. The lowest BCUT2D eigenvalue weighted by atomic mass is 9.72. The highest BCUT2D eigenvalue weighted by atomic mass is 16.3. The minimum Gasteiger partial charge on any atom is -0.508 e. The van der Waals surface area contributed by atoms with E-state index in [1.807, 2.05) is 12.1 Å². The zero-order chi connectivity index (χ0) is 14.9. The van der Waals surface area contributed by atoms with E-state index in [1.54, 1.807) is 6.07 Å². The van der Waals surface area contributed by atoms with Gasteiger partial charge in [-0.25, -0.2) is 0 Å². The fourth-order valence-corrected chi connectivity index (χ4v) is 2.93. The Hall–Kier alpha value is -1.50. The quantitative estimate of drug-likeness (QED) is 0.756. The summed E-state index contributed by atoms with van der Waals surface area (Å²) in [5, 5.41) is 11.9. The van der Waals surface area contributed by atoms with E-state index in [-0.39, 0.29) is 5.41 Å². The van der Waals surface area contributed by atoms with Gasteiger partial charge in [0.1, 0.15) is 5.75 Å². The number of phenolic OH excluding ortho intramolecular Hbond substituents is 1. The molecule has 0 fully saturated rings. The second-order valence-corrected chi connectivity index (χ2v) is 7.34. The van der Waals surface area contributed by atoms with E-state index in [9.17, 15) is 5.11 Å². The van der Waals surface area contributed by atoms with Gasteiger partial charge in [0.2, 0.25) is 0 Å². The Morgan fingerprint density at radius 1 is 0.950 bits per heavy atom. The standard InChI is InChI=1S/C19H26O/c1-13(2)10-18(19(3,4)5)16-7-6-15-12-17(20)9-8-14(15)11-16/h6-9,11-13,18,20H,10H2,1-5H3. The number of rotatable bonds is 3. The Bertz CT molecular complexity index is 590. The Balaban J connectivity index is 2.45. The van der Waals surface area contributed by atoms with Crippen LogP contribution >= 0.6 is 0 Å². The van der Waals surface area contributed by atoms with Gasteiger partial charge in [-0.2, -0.15) is 0 Å². The van der Waals surface area contributed by atoms with Gasteiger partial charge in [0.05, 0.1) is 0 Å². The molecule has 1 atom stereocenters. The lowest BCUT2D eigenvalue weighted by Gasteiger charge is -2.33. The highest BCUT2D eigenvalue weighted by Gasteiger charge is 2.26. The van der Waals surface area contributed by atoms with Crippen molar-refractivity contribution in [3.8, 4) is 5.75 Å². The molecule has 0 aliphatic rings. The average molecular weight is 270 g/mol. The van der Waals surface area contributed by atoms with E-state index >= 15 is 0 Å². The third kappa shape index (κ3) is 3.33. The summed E-state index contributed by atoms with van der Waals surface area (Å²) >= 11 is 0. The van der Waals surface area contributed by atoms with E-state index in [0.29, 0.717) is 17.6 Å². The van der Waals surface area contributed by atoms with Crippen LogP contribution in [0, 0.1) is 11.3 Å². The van der Waals surface area contributed by atoms with Crippen molar-refractivity contribution in [2.45, 2.75) is 47.0 Å². The lowest BCUT2D eigenvalue weighted by Crippen LogP contribution is -2.20. The van der Waals surface area contributed by atoms with Gasteiger partial charge in [-0.1, -0.05) is 58.9 Å². The summed E-state index contributed by atoms with van der Waals surface area (Å²) in [6, 6.07) is 12.2. The summed E-state index contributed by atoms with van der Waals surface area (Å²) in [5.74, 6) is 1.58. The number of hydrogen-bond donors (Lipinski definition) is 1. The first-order chi connectivity index (χ1) is 9.27. The van der Waals surface area contributed by atoms with Crippen molar-refractivity contribution >= 4 is 10.8 Å². The molecular weight excluding hydrogens is 244 g/mol. The Labute approximate surface area is 122 Å². The molecule has 0 heterocycles. The molecular formula is C19H26O. The van der Waals surface area contributed by atoms with E-state index in [0.717, 1.165) is 5.39 Å². The fourth-order valence-electron chi connectivity index (χ4n) is 2.93. The van der Waals surface area contributed by atoms with Gasteiger partial charge in [0.25, 0.3) is 0 Å². The minimum atomic E-state index is 0.259. The van der Waals surface area contributed by atoms with Gasteiger partial charge in [-0.3, -0.25) is 0 Å². The molecule has 2 aromatic carbocycles. The largest absolute Gasteiger partial charge is 0.508 e. The van der Waals surface area contributed by atoms with E-state index in [4.69, 9.17) is 0 Å². The van der Waals surface area contributed by atoms with Crippen LogP contribution in [-0.2, 0) is 0 Å². The van der Waals surface area contributed by atoms with Gasteiger partial charge in [-0.05, 0) is 52.1 Å². The fraction of sp³-hybridized carbons (Fsp3) is 0.474. The Kier molecular flexibility index (Phi) is 4.08. The van der Waals surface area contributed by atoms with E-state index in [1.165, 1.54) is 17.4 Å². The number of benzene rings is 2. The van der Waals surface area contributed by atoms with Crippen molar-refractivity contribution < 1.29 is 5.11 Å². The van der Waals surface area contributed by atoms with Crippen LogP contribution in [0.3, 0.4) is 0 Å². The molecule has 1 unspecified atom stereocenters. The van der Waals surface area contributed by atoms with Crippen LogP contribution < -0.4 is 0 Å². The smallest absolute Gasteiger partial charge is 0.116 e. The molecule has 0 radical (unpaired) electrons. The molecule has 0 saturated carbocycles. The van der Waals surface area contributed by atoms with Gasteiger partial charge < -0.3 is 5.11 Å². The SMILES string of the molecule is CC(C)CC(c1ccc2cc(O)ccc2c1)C(C)(C)C. The monoisotopic (exact) mass is 270 g/mol. The maximum Gasteiger partial charge on any atom is 0.116 e. The first kappa shape index (κ1) is 14.9. The van der Waals surface area contributed by atoms with Crippen molar-refractivity contribution in [2.24, 2.45) is 11.3 Å². The molecule has 1 N–H and O–H groups in total. The molecule has 2 rings (SSSR count). The van der Waals surface area contributed by atoms with Gasteiger partial charge >= 0.3 is 0 Å². The Morgan fingerprint density at radius 2 is 1.55 bits per heavy atom. The molecule has 0 amide bonds. The molecule has 2 aromatic rings. The normalized spacial score (nSPS) is 13.9. The molecule has 1 nitrogen and oxygen atoms in total. The predicted molar refractivity (Wildman–Crippen MR) is 87.3 cm³/mol. The minimum absolute atomic E-state index is 0.259. The maximum atomic E-state index is 9.56. The number of phenols is 1. The highest BCUT2D eigenvalue weighted by Crippen LogP contribution is 2.40. The van der Waals surface area contributed by atoms with Crippen molar-refractivity contribution in [2.75, 3.05) is 0 Å². The maximum absolute atomic E-state index is 9.56. The van der Waals surface area contributed by atoms with Gasteiger partial charge in [0, 0.05) is 0 Å². The van der Waals surface area contributed by atoms with Crippen LogP contribution in [0.5, 0.6) is 5.75 Å². The second-order valence-electron chi connectivity index (χ2n) is 7.34. The molecule has 1 heteroatoms. The molecule has 20 heavy (non-hydrogen) atoms. The van der Waals surface area contributed by atoms with Crippen molar-refractivity contribution in [1.29, 1.82) is 0 Å². The van der Waals surface area contributed by atoms with Crippen molar-refractivity contribution in [3.63, 3.8) is 0 Å². The van der Waals surface area contributed by atoms with Crippen LogP contribution in [-0.4, -0.2) is 5.11 Å². The van der Waals surface area contributed by atoms with Crippen LogP contribution in [0.4, 0.5) is 0 Å². The van der Waals surface area contributed by atoms with Crippen LogP contribution in [0.25, 0.3) is 10.8 Å². The van der Waals surface area contributed by atoms with Crippen molar-refractivity contribution in [3.05, 3.63) is 42.0 Å². The summed E-state index contributed by atoms with van der Waals surface area (Å²) in [5.41, 5.74) is 1.67. The average Bonchev–Trinajstić information content (AvgIpc) is 2.34. The van der Waals surface area contributed by atoms with Crippen LogP contribution in [0.1, 0.15) is 52.5 Å². The number of hydrogen-bond acceptors (Lipinski definition) is 1. The van der Waals surface area contributed by atoms with Gasteiger partial charge in [-0.15, -0.1) is 0 Å². The zero-order valence-corrected chi connectivity index (χ0v) is 13.3.